The first-order chi connectivity index (χ1) is 7.30. The van der Waals surface area contributed by atoms with E-state index in [4.69, 9.17) is 5.41 Å². The van der Waals surface area contributed by atoms with Crippen LogP contribution in [0.5, 0.6) is 0 Å². The zero-order valence-electron chi connectivity index (χ0n) is 10.4. The molecule has 16 heavy (non-hydrogen) atoms. The van der Waals surface area contributed by atoms with Crippen LogP contribution in [0.2, 0.25) is 0 Å². The fourth-order valence-electron chi connectivity index (χ4n) is 1.50. The average molecular weight is 217 g/mol. The van der Waals surface area contributed by atoms with E-state index < -0.39 is 0 Å². The van der Waals surface area contributed by atoms with Crippen molar-refractivity contribution in [2.75, 3.05) is 0 Å². The van der Waals surface area contributed by atoms with Gasteiger partial charge in [-0.15, -0.1) is 0 Å². The topological polar surface area (TPSA) is 40.9 Å². The van der Waals surface area contributed by atoms with Crippen molar-refractivity contribution in [1.82, 2.24) is 0 Å². The molecular formula is C14H19NO. The summed E-state index contributed by atoms with van der Waals surface area (Å²) >= 11 is 0. The van der Waals surface area contributed by atoms with Crippen LogP contribution in [-0.4, -0.2) is 11.5 Å². The summed E-state index contributed by atoms with van der Waals surface area (Å²) in [5.41, 5.74) is 2.43. The quantitative estimate of drug-likeness (QED) is 0.610. The number of carbonyl (C=O) groups excluding carboxylic acids is 1. The van der Waals surface area contributed by atoms with Crippen molar-refractivity contribution >= 4 is 11.5 Å². The van der Waals surface area contributed by atoms with Crippen molar-refractivity contribution in [2.24, 2.45) is 0 Å². The molecule has 0 aliphatic carbocycles. The monoisotopic (exact) mass is 217 g/mol. The van der Waals surface area contributed by atoms with Crippen molar-refractivity contribution in [2.45, 2.75) is 39.5 Å². The van der Waals surface area contributed by atoms with Gasteiger partial charge in [-0.05, 0) is 17.9 Å². The fraction of sp³-hybridized carbons (Fsp3) is 0.429. The number of carbonyl (C=O) groups is 1. The van der Waals surface area contributed by atoms with Gasteiger partial charge in [0.05, 0.1) is 0 Å². The molecule has 0 amide bonds. The van der Waals surface area contributed by atoms with Crippen LogP contribution in [0.4, 0.5) is 0 Å². The van der Waals surface area contributed by atoms with Gasteiger partial charge in [0, 0.05) is 17.7 Å². The second kappa shape index (κ2) is 4.60. The summed E-state index contributed by atoms with van der Waals surface area (Å²) < 4.78 is 0. The normalized spacial score (nSPS) is 11.2. The van der Waals surface area contributed by atoms with Crippen LogP contribution in [0.1, 0.15) is 50.0 Å². The Labute approximate surface area is 97.2 Å². The Morgan fingerprint density at radius 2 is 1.69 bits per heavy atom. The van der Waals surface area contributed by atoms with Gasteiger partial charge in [0.25, 0.3) is 0 Å². The second-order valence-corrected chi connectivity index (χ2v) is 5.21. The number of benzene rings is 1. The molecule has 2 nitrogen and oxygen atoms in total. The zero-order chi connectivity index (χ0) is 12.3. The van der Waals surface area contributed by atoms with Crippen LogP contribution in [0.15, 0.2) is 24.3 Å². The number of ketones is 1. The maximum absolute atomic E-state index is 11.7. The van der Waals surface area contributed by atoms with Crippen LogP contribution in [0.3, 0.4) is 0 Å². The molecule has 1 N–H and O–H groups in total. The van der Waals surface area contributed by atoms with E-state index in [2.05, 4.69) is 20.8 Å². The lowest BCUT2D eigenvalue weighted by Gasteiger charge is -2.18. The summed E-state index contributed by atoms with van der Waals surface area (Å²) in [7, 11) is 0. The largest absolute Gasteiger partial charge is 0.310 e. The standard InChI is InChI=1S/C14H19NO/c1-10(15)9-13(16)11-5-7-12(8-6-11)14(2,3)4/h5-8,15H,9H2,1-4H3. The Morgan fingerprint density at radius 1 is 1.19 bits per heavy atom. The van der Waals surface area contributed by atoms with Gasteiger partial charge < -0.3 is 5.41 Å². The van der Waals surface area contributed by atoms with Crippen molar-refractivity contribution in [3.63, 3.8) is 0 Å². The molecule has 86 valence electrons. The Hall–Kier alpha value is -1.44. The minimum atomic E-state index is 0.0213. The van der Waals surface area contributed by atoms with E-state index in [0.717, 1.165) is 0 Å². The van der Waals surface area contributed by atoms with Crippen LogP contribution < -0.4 is 0 Å². The van der Waals surface area contributed by atoms with Gasteiger partial charge in [-0.3, -0.25) is 4.79 Å². The van der Waals surface area contributed by atoms with Crippen LogP contribution in [0, 0.1) is 5.41 Å². The van der Waals surface area contributed by atoms with E-state index in [9.17, 15) is 4.79 Å². The predicted molar refractivity (Wildman–Crippen MR) is 67.5 cm³/mol. The van der Waals surface area contributed by atoms with Crippen molar-refractivity contribution in [3.05, 3.63) is 35.4 Å². The molecule has 1 aromatic rings. The predicted octanol–water partition coefficient (Wildman–Crippen LogP) is 3.60. The van der Waals surface area contributed by atoms with Gasteiger partial charge in [-0.1, -0.05) is 45.0 Å². The molecule has 0 atom stereocenters. The summed E-state index contributed by atoms with van der Waals surface area (Å²) in [5, 5.41) is 7.29. The van der Waals surface area contributed by atoms with E-state index >= 15 is 0 Å². The van der Waals surface area contributed by atoms with Crippen LogP contribution >= 0.6 is 0 Å². The van der Waals surface area contributed by atoms with Gasteiger partial charge in [0.1, 0.15) is 0 Å². The SMILES string of the molecule is CC(=N)CC(=O)c1ccc(C(C)(C)C)cc1. The van der Waals surface area contributed by atoms with Crippen molar-refractivity contribution < 1.29 is 4.79 Å². The molecule has 0 aliphatic heterocycles. The van der Waals surface area contributed by atoms with Gasteiger partial charge in [0.2, 0.25) is 0 Å². The molecule has 1 aromatic carbocycles. The van der Waals surface area contributed by atoms with Crippen molar-refractivity contribution in [1.29, 1.82) is 5.41 Å². The lowest BCUT2D eigenvalue weighted by molar-refractivity contribution is 0.100. The highest BCUT2D eigenvalue weighted by atomic mass is 16.1. The molecule has 0 heterocycles. The lowest BCUT2D eigenvalue weighted by atomic mass is 9.86. The Kier molecular flexibility index (Phi) is 3.63. The van der Waals surface area contributed by atoms with Gasteiger partial charge in [-0.2, -0.15) is 0 Å². The minimum Gasteiger partial charge on any atom is -0.310 e. The van der Waals surface area contributed by atoms with E-state index in [-0.39, 0.29) is 17.6 Å². The average Bonchev–Trinajstić information content (AvgIpc) is 2.15. The van der Waals surface area contributed by atoms with E-state index in [1.807, 2.05) is 24.3 Å². The molecule has 0 saturated carbocycles. The molecule has 0 unspecified atom stereocenters. The number of rotatable bonds is 3. The molecule has 0 saturated heterocycles. The number of Topliss-reactive ketones (excluding diaryl/α,β-unsaturated/α-hetero) is 1. The third kappa shape index (κ3) is 3.30. The maximum atomic E-state index is 11.7. The Morgan fingerprint density at radius 3 is 2.06 bits per heavy atom. The van der Waals surface area contributed by atoms with Gasteiger partial charge in [-0.25, -0.2) is 0 Å². The molecule has 0 radical (unpaired) electrons. The van der Waals surface area contributed by atoms with Crippen LogP contribution in [0.25, 0.3) is 0 Å². The summed E-state index contributed by atoms with van der Waals surface area (Å²) in [6.07, 6.45) is 0.217. The molecule has 0 aromatic heterocycles. The molecule has 0 aliphatic rings. The Bertz CT molecular complexity index is 396. The fourth-order valence-corrected chi connectivity index (χ4v) is 1.50. The lowest BCUT2D eigenvalue weighted by Crippen LogP contribution is -2.11. The van der Waals surface area contributed by atoms with Crippen LogP contribution in [-0.2, 0) is 5.41 Å². The molecule has 0 spiro atoms. The van der Waals surface area contributed by atoms with E-state index in [1.54, 1.807) is 6.92 Å². The van der Waals surface area contributed by atoms with Gasteiger partial charge >= 0.3 is 0 Å². The first-order valence-corrected chi connectivity index (χ1v) is 5.48. The highest BCUT2D eigenvalue weighted by molar-refractivity contribution is 6.08. The number of hydrogen-bond acceptors (Lipinski definition) is 2. The van der Waals surface area contributed by atoms with Gasteiger partial charge in [0.15, 0.2) is 5.78 Å². The van der Waals surface area contributed by atoms with Crippen molar-refractivity contribution in [3.8, 4) is 0 Å². The van der Waals surface area contributed by atoms with E-state index in [0.29, 0.717) is 11.3 Å². The highest BCUT2D eigenvalue weighted by Gasteiger charge is 2.14. The number of nitrogens with one attached hydrogen (secondary N) is 1. The summed E-state index contributed by atoms with van der Waals surface area (Å²) in [5.74, 6) is 0.0213. The first kappa shape index (κ1) is 12.6. The smallest absolute Gasteiger partial charge is 0.168 e. The maximum Gasteiger partial charge on any atom is 0.168 e. The molecule has 1 rings (SSSR count). The highest BCUT2D eigenvalue weighted by Crippen LogP contribution is 2.22. The second-order valence-electron chi connectivity index (χ2n) is 5.21. The third-order valence-corrected chi connectivity index (χ3v) is 2.50. The molecule has 0 bridgehead atoms. The zero-order valence-corrected chi connectivity index (χ0v) is 10.4. The summed E-state index contributed by atoms with van der Waals surface area (Å²) in [6, 6.07) is 7.69. The summed E-state index contributed by atoms with van der Waals surface area (Å²) in [4.78, 5) is 11.7. The third-order valence-electron chi connectivity index (χ3n) is 2.50. The Balaban J connectivity index is 2.87. The summed E-state index contributed by atoms with van der Waals surface area (Å²) in [6.45, 7) is 8.09. The molecule has 0 fully saturated rings. The molecule has 2 heteroatoms. The number of hydrogen-bond donors (Lipinski definition) is 1. The minimum absolute atomic E-state index is 0.0213. The first-order valence-electron chi connectivity index (χ1n) is 5.48. The molecular weight excluding hydrogens is 198 g/mol. The van der Waals surface area contributed by atoms with E-state index in [1.165, 1.54) is 5.56 Å².